The summed E-state index contributed by atoms with van der Waals surface area (Å²) in [6, 6.07) is 0. The summed E-state index contributed by atoms with van der Waals surface area (Å²) in [5.74, 6) is -0.101. The number of hydrogen-bond acceptors (Lipinski definition) is 3. The lowest BCUT2D eigenvalue weighted by atomic mass is 10.1. The van der Waals surface area contributed by atoms with Crippen molar-refractivity contribution < 1.29 is 20.1 Å². The number of carboxylic acids is 1. The molecule has 0 fully saturated rings. The fourth-order valence-electron chi connectivity index (χ4n) is 0.879. The second-order valence-electron chi connectivity index (χ2n) is 3.68. The standard InChI is InChI=1S/C8H18O2.C2H4O2/c1-7(2)5-3-4-6-8(9)10;1-2(3)4/h7-10H,3-6H2,1-2H3;1H3,(H,3,4). The molecule has 0 radical (unpaired) electrons. The molecule has 0 heterocycles. The lowest BCUT2D eigenvalue weighted by Crippen LogP contribution is -2.03. The van der Waals surface area contributed by atoms with Crippen LogP contribution in [0.25, 0.3) is 0 Å². The molecule has 4 nitrogen and oxygen atoms in total. The van der Waals surface area contributed by atoms with Gasteiger partial charge in [0, 0.05) is 6.92 Å². The normalized spacial score (nSPS) is 9.93. The minimum absolute atomic E-state index is 0.521. The van der Waals surface area contributed by atoms with E-state index in [0.717, 1.165) is 25.7 Å². The van der Waals surface area contributed by atoms with Gasteiger partial charge in [-0.1, -0.05) is 26.7 Å². The van der Waals surface area contributed by atoms with Crippen LogP contribution in [0.4, 0.5) is 0 Å². The van der Waals surface area contributed by atoms with E-state index in [-0.39, 0.29) is 0 Å². The molecule has 0 aromatic rings. The Kier molecular flexibility index (Phi) is 11.9. The van der Waals surface area contributed by atoms with Crippen molar-refractivity contribution in [2.75, 3.05) is 0 Å². The Morgan fingerprint density at radius 2 is 1.50 bits per heavy atom. The molecule has 0 bridgehead atoms. The maximum Gasteiger partial charge on any atom is 0.300 e. The van der Waals surface area contributed by atoms with Gasteiger partial charge in [-0.15, -0.1) is 0 Å². The SMILES string of the molecule is CC(=O)O.CC(C)CCCCC(O)O. The van der Waals surface area contributed by atoms with Crippen molar-refractivity contribution in [3.63, 3.8) is 0 Å². The summed E-state index contributed by atoms with van der Waals surface area (Å²) in [4.78, 5) is 9.00. The smallest absolute Gasteiger partial charge is 0.300 e. The summed E-state index contributed by atoms with van der Waals surface area (Å²) in [5, 5.41) is 24.4. The molecule has 3 N–H and O–H groups in total. The van der Waals surface area contributed by atoms with Crippen LogP contribution in [-0.4, -0.2) is 27.6 Å². The van der Waals surface area contributed by atoms with E-state index in [1.807, 2.05) is 0 Å². The largest absolute Gasteiger partial charge is 0.481 e. The van der Waals surface area contributed by atoms with Gasteiger partial charge >= 0.3 is 0 Å². The third kappa shape index (κ3) is 30.1. The van der Waals surface area contributed by atoms with Crippen molar-refractivity contribution in [1.29, 1.82) is 0 Å². The highest BCUT2D eigenvalue weighted by Crippen LogP contribution is 2.08. The molecular formula is C10H22O4. The van der Waals surface area contributed by atoms with Gasteiger partial charge in [-0.3, -0.25) is 4.79 Å². The van der Waals surface area contributed by atoms with E-state index in [4.69, 9.17) is 20.1 Å². The van der Waals surface area contributed by atoms with Crippen molar-refractivity contribution in [3.05, 3.63) is 0 Å². The maximum atomic E-state index is 9.00. The number of aliphatic carboxylic acids is 1. The van der Waals surface area contributed by atoms with Crippen molar-refractivity contribution in [2.45, 2.75) is 52.7 Å². The van der Waals surface area contributed by atoms with E-state index in [1.165, 1.54) is 6.42 Å². The Balaban J connectivity index is 0. The van der Waals surface area contributed by atoms with Crippen molar-refractivity contribution in [3.8, 4) is 0 Å². The first-order valence-corrected chi connectivity index (χ1v) is 4.92. The fraction of sp³-hybridized carbons (Fsp3) is 0.900. The van der Waals surface area contributed by atoms with Crippen LogP contribution in [-0.2, 0) is 4.79 Å². The van der Waals surface area contributed by atoms with Gasteiger partial charge < -0.3 is 15.3 Å². The molecule has 0 unspecified atom stereocenters. The van der Waals surface area contributed by atoms with Crippen LogP contribution >= 0.6 is 0 Å². The summed E-state index contributed by atoms with van der Waals surface area (Å²) in [6.07, 6.45) is 2.64. The Morgan fingerprint density at radius 3 is 1.79 bits per heavy atom. The molecular weight excluding hydrogens is 184 g/mol. The number of unbranched alkanes of at least 4 members (excludes halogenated alkanes) is 1. The Hall–Kier alpha value is -0.610. The van der Waals surface area contributed by atoms with Gasteiger partial charge in [-0.2, -0.15) is 0 Å². The lowest BCUT2D eigenvalue weighted by molar-refractivity contribution is -0.134. The van der Waals surface area contributed by atoms with Gasteiger partial charge in [0.1, 0.15) is 0 Å². The van der Waals surface area contributed by atoms with Crippen LogP contribution in [0.3, 0.4) is 0 Å². The number of aliphatic hydroxyl groups is 2. The molecule has 0 aliphatic rings. The predicted molar refractivity (Wildman–Crippen MR) is 54.8 cm³/mol. The molecule has 0 saturated carbocycles. The monoisotopic (exact) mass is 206 g/mol. The first-order valence-electron chi connectivity index (χ1n) is 4.92. The number of carbonyl (C=O) groups is 1. The third-order valence-corrected chi connectivity index (χ3v) is 1.49. The van der Waals surface area contributed by atoms with E-state index < -0.39 is 12.3 Å². The van der Waals surface area contributed by atoms with E-state index in [1.54, 1.807) is 0 Å². The van der Waals surface area contributed by atoms with Gasteiger partial charge in [0.25, 0.3) is 5.97 Å². The van der Waals surface area contributed by atoms with Crippen molar-refractivity contribution in [2.24, 2.45) is 5.92 Å². The molecule has 0 aliphatic carbocycles. The van der Waals surface area contributed by atoms with Crippen LogP contribution in [0.2, 0.25) is 0 Å². The number of carboxylic acid groups (broad SMARTS) is 1. The van der Waals surface area contributed by atoms with Gasteiger partial charge in [0.15, 0.2) is 6.29 Å². The zero-order chi connectivity index (χ0) is 11.6. The van der Waals surface area contributed by atoms with Crippen LogP contribution in [0.15, 0.2) is 0 Å². The van der Waals surface area contributed by atoms with Crippen LogP contribution in [0, 0.1) is 5.92 Å². The number of aliphatic hydroxyl groups excluding tert-OH is 1. The molecule has 14 heavy (non-hydrogen) atoms. The third-order valence-electron chi connectivity index (χ3n) is 1.49. The number of rotatable bonds is 5. The van der Waals surface area contributed by atoms with E-state index in [2.05, 4.69) is 13.8 Å². The molecule has 86 valence electrons. The summed E-state index contributed by atoms with van der Waals surface area (Å²) in [7, 11) is 0. The molecule has 0 atom stereocenters. The summed E-state index contributed by atoms with van der Waals surface area (Å²) in [6.45, 7) is 5.44. The minimum atomic E-state index is -1.10. The quantitative estimate of drug-likeness (QED) is 0.471. The van der Waals surface area contributed by atoms with Gasteiger partial charge in [-0.25, -0.2) is 0 Å². The second kappa shape index (κ2) is 10.5. The maximum absolute atomic E-state index is 9.00. The summed E-state index contributed by atoms with van der Waals surface area (Å²) < 4.78 is 0. The lowest BCUT2D eigenvalue weighted by Gasteiger charge is -2.04. The van der Waals surface area contributed by atoms with E-state index in [9.17, 15) is 0 Å². The molecule has 0 aliphatic heterocycles. The van der Waals surface area contributed by atoms with Crippen LogP contribution < -0.4 is 0 Å². The molecule has 0 spiro atoms. The predicted octanol–water partition coefficient (Wildman–Crippen LogP) is 1.60. The van der Waals surface area contributed by atoms with Crippen LogP contribution in [0.5, 0.6) is 0 Å². The van der Waals surface area contributed by atoms with Gasteiger partial charge in [-0.05, 0) is 18.8 Å². The Bertz CT molecular complexity index is 118. The molecule has 0 amide bonds. The van der Waals surface area contributed by atoms with Gasteiger partial charge in [0.2, 0.25) is 0 Å². The van der Waals surface area contributed by atoms with Crippen molar-refractivity contribution in [1.82, 2.24) is 0 Å². The average molecular weight is 206 g/mol. The second-order valence-corrected chi connectivity index (χ2v) is 3.68. The highest BCUT2D eigenvalue weighted by Gasteiger charge is 1.97. The highest BCUT2D eigenvalue weighted by molar-refractivity contribution is 5.62. The molecule has 0 saturated heterocycles. The van der Waals surface area contributed by atoms with Crippen LogP contribution in [0.1, 0.15) is 46.5 Å². The Labute approximate surface area is 85.6 Å². The topological polar surface area (TPSA) is 77.8 Å². The zero-order valence-electron chi connectivity index (χ0n) is 9.23. The van der Waals surface area contributed by atoms with Crippen molar-refractivity contribution >= 4 is 5.97 Å². The summed E-state index contributed by atoms with van der Waals surface area (Å²) in [5.41, 5.74) is 0. The molecule has 4 heteroatoms. The fourth-order valence-corrected chi connectivity index (χ4v) is 0.879. The van der Waals surface area contributed by atoms with Gasteiger partial charge in [0.05, 0.1) is 0 Å². The first-order chi connectivity index (χ1) is 6.36. The molecule has 0 rings (SSSR count). The average Bonchev–Trinajstić information content (AvgIpc) is 1.96. The summed E-state index contributed by atoms with van der Waals surface area (Å²) >= 11 is 0. The Morgan fingerprint density at radius 1 is 1.14 bits per heavy atom. The first kappa shape index (κ1) is 15.8. The molecule has 0 aromatic heterocycles. The number of hydrogen-bond donors (Lipinski definition) is 3. The minimum Gasteiger partial charge on any atom is -0.481 e. The zero-order valence-corrected chi connectivity index (χ0v) is 9.23. The highest BCUT2D eigenvalue weighted by atomic mass is 16.5. The van der Waals surface area contributed by atoms with E-state index >= 15 is 0 Å². The molecule has 0 aromatic carbocycles. The van der Waals surface area contributed by atoms with E-state index in [0.29, 0.717) is 6.42 Å².